The molecule has 1 N–H and O–H groups in total. The molecule has 0 fully saturated rings. The van der Waals surface area contributed by atoms with Crippen LogP contribution in [0.1, 0.15) is 24.2 Å². The second kappa shape index (κ2) is 11.3. The van der Waals surface area contributed by atoms with Crippen LogP contribution in [-0.4, -0.2) is 40.1 Å². The van der Waals surface area contributed by atoms with Crippen LogP contribution in [0.5, 0.6) is 5.75 Å². The number of benzene rings is 3. The van der Waals surface area contributed by atoms with Crippen molar-refractivity contribution in [2.45, 2.75) is 18.7 Å². The third-order valence-electron chi connectivity index (χ3n) is 4.73. The summed E-state index contributed by atoms with van der Waals surface area (Å²) in [5.41, 5.74) is 1.01. The molecule has 1 amide bonds. The summed E-state index contributed by atoms with van der Waals surface area (Å²) in [5.74, 6) is -0.682. The SMILES string of the molecule is CCOC(=O)c1ccc(NC(=O)CN(c2ccccc2OCC)S(=O)(=O)c2ccccc2)cc1. The standard InChI is InChI=1S/C25H26N2O6S/c1-3-32-23-13-9-8-12-22(23)27(34(30,31)21-10-6-5-7-11-21)18-24(28)26-20-16-14-19(15-17-20)25(29)33-4-2/h5-17H,3-4,18H2,1-2H3,(H,26,28). The summed E-state index contributed by atoms with van der Waals surface area (Å²) in [4.78, 5) is 24.8. The normalized spacial score (nSPS) is 10.9. The summed E-state index contributed by atoms with van der Waals surface area (Å²) >= 11 is 0. The van der Waals surface area contributed by atoms with Gasteiger partial charge in [0.2, 0.25) is 5.91 Å². The van der Waals surface area contributed by atoms with Crippen molar-refractivity contribution in [1.29, 1.82) is 0 Å². The Bertz CT molecular complexity index is 1230. The molecule has 0 atom stereocenters. The van der Waals surface area contributed by atoms with Gasteiger partial charge < -0.3 is 14.8 Å². The number of hydrogen-bond donors (Lipinski definition) is 1. The maximum absolute atomic E-state index is 13.5. The van der Waals surface area contributed by atoms with Gasteiger partial charge in [0.1, 0.15) is 12.3 Å². The highest BCUT2D eigenvalue weighted by molar-refractivity contribution is 7.92. The maximum atomic E-state index is 13.5. The molecule has 34 heavy (non-hydrogen) atoms. The van der Waals surface area contributed by atoms with Crippen molar-refractivity contribution in [3.05, 3.63) is 84.4 Å². The van der Waals surface area contributed by atoms with E-state index >= 15 is 0 Å². The first-order valence-electron chi connectivity index (χ1n) is 10.7. The third kappa shape index (κ3) is 5.93. The number of nitrogens with one attached hydrogen (secondary N) is 1. The van der Waals surface area contributed by atoms with Crippen molar-refractivity contribution in [3.63, 3.8) is 0 Å². The van der Waals surface area contributed by atoms with Crippen molar-refractivity contribution in [3.8, 4) is 5.75 Å². The van der Waals surface area contributed by atoms with Crippen molar-refractivity contribution >= 4 is 33.3 Å². The zero-order valence-corrected chi connectivity index (χ0v) is 19.7. The molecule has 0 heterocycles. The van der Waals surface area contributed by atoms with Gasteiger partial charge in [0.05, 0.1) is 29.4 Å². The zero-order valence-electron chi connectivity index (χ0n) is 18.9. The molecule has 0 aliphatic carbocycles. The smallest absolute Gasteiger partial charge is 0.338 e. The lowest BCUT2D eigenvalue weighted by molar-refractivity contribution is -0.114. The summed E-state index contributed by atoms with van der Waals surface area (Å²) in [6.45, 7) is 3.60. The van der Waals surface area contributed by atoms with E-state index in [9.17, 15) is 18.0 Å². The first-order chi connectivity index (χ1) is 16.4. The van der Waals surface area contributed by atoms with Crippen molar-refractivity contribution in [2.75, 3.05) is 29.4 Å². The van der Waals surface area contributed by atoms with E-state index in [0.717, 1.165) is 4.31 Å². The number of carbonyl (C=O) groups excluding carboxylic acids is 2. The van der Waals surface area contributed by atoms with E-state index in [1.54, 1.807) is 68.4 Å². The predicted molar refractivity (Wildman–Crippen MR) is 130 cm³/mol. The molecule has 0 aliphatic heterocycles. The fraction of sp³-hybridized carbons (Fsp3) is 0.200. The Labute approximate surface area is 199 Å². The van der Waals surface area contributed by atoms with Crippen LogP contribution < -0.4 is 14.4 Å². The van der Waals surface area contributed by atoms with Crippen LogP contribution in [-0.2, 0) is 19.6 Å². The predicted octanol–water partition coefficient (Wildman–Crippen LogP) is 4.10. The van der Waals surface area contributed by atoms with Crippen molar-refractivity contribution < 1.29 is 27.5 Å². The van der Waals surface area contributed by atoms with E-state index < -0.39 is 28.4 Å². The lowest BCUT2D eigenvalue weighted by atomic mass is 10.2. The van der Waals surface area contributed by atoms with Gasteiger partial charge in [-0.3, -0.25) is 9.10 Å². The van der Waals surface area contributed by atoms with Crippen LogP contribution >= 0.6 is 0 Å². The minimum Gasteiger partial charge on any atom is -0.492 e. The van der Waals surface area contributed by atoms with E-state index in [1.807, 2.05) is 0 Å². The quantitative estimate of drug-likeness (QED) is 0.437. The summed E-state index contributed by atoms with van der Waals surface area (Å²) < 4.78 is 38.6. The molecule has 178 valence electrons. The van der Waals surface area contributed by atoms with Crippen LogP contribution in [0.4, 0.5) is 11.4 Å². The Morgan fingerprint density at radius 3 is 2.15 bits per heavy atom. The Hall–Kier alpha value is -3.85. The number of carbonyl (C=O) groups is 2. The molecule has 3 aromatic rings. The Kier molecular flexibility index (Phi) is 8.26. The highest BCUT2D eigenvalue weighted by Crippen LogP contribution is 2.32. The molecule has 0 radical (unpaired) electrons. The van der Waals surface area contributed by atoms with Crippen LogP contribution in [0.25, 0.3) is 0 Å². The highest BCUT2D eigenvalue weighted by atomic mass is 32.2. The number of nitrogens with zero attached hydrogens (tertiary/aromatic N) is 1. The first kappa shape index (κ1) is 24.8. The van der Waals surface area contributed by atoms with E-state index in [0.29, 0.717) is 23.6 Å². The number of hydrogen-bond acceptors (Lipinski definition) is 6. The molecule has 9 heteroatoms. The van der Waals surface area contributed by atoms with Crippen LogP contribution in [0.3, 0.4) is 0 Å². The zero-order chi connectivity index (χ0) is 24.6. The number of ether oxygens (including phenoxy) is 2. The van der Waals surface area contributed by atoms with Gasteiger partial charge in [0, 0.05) is 5.69 Å². The van der Waals surface area contributed by atoms with Gasteiger partial charge >= 0.3 is 5.97 Å². The minimum atomic E-state index is -4.08. The molecule has 8 nitrogen and oxygen atoms in total. The fourth-order valence-electron chi connectivity index (χ4n) is 3.20. The topological polar surface area (TPSA) is 102 Å². The van der Waals surface area contributed by atoms with E-state index in [-0.39, 0.29) is 17.2 Å². The monoisotopic (exact) mass is 482 g/mol. The van der Waals surface area contributed by atoms with Gasteiger partial charge in [-0.2, -0.15) is 0 Å². The molecule has 3 aromatic carbocycles. The number of para-hydroxylation sites is 2. The molecule has 0 saturated carbocycles. The average molecular weight is 483 g/mol. The summed E-state index contributed by atoms with van der Waals surface area (Å²) in [7, 11) is -4.08. The Morgan fingerprint density at radius 1 is 0.853 bits per heavy atom. The average Bonchev–Trinajstić information content (AvgIpc) is 2.84. The Balaban J connectivity index is 1.89. The fourth-order valence-corrected chi connectivity index (χ4v) is 4.65. The Morgan fingerprint density at radius 2 is 1.50 bits per heavy atom. The summed E-state index contributed by atoms with van der Waals surface area (Å²) in [5, 5.41) is 2.68. The third-order valence-corrected chi connectivity index (χ3v) is 6.51. The van der Waals surface area contributed by atoms with Crippen LogP contribution in [0, 0.1) is 0 Å². The number of esters is 1. The molecule has 0 aliphatic rings. The lowest BCUT2D eigenvalue weighted by Gasteiger charge is -2.26. The first-order valence-corrected chi connectivity index (χ1v) is 12.2. The summed E-state index contributed by atoms with van der Waals surface area (Å²) in [6, 6.07) is 20.7. The molecule has 0 saturated heterocycles. The van der Waals surface area contributed by atoms with Gasteiger partial charge in [0.25, 0.3) is 10.0 Å². The van der Waals surface area contributed by atoms with Crippen LogP contribution in [0.2, 0.25) is 0 Å². The van der Waals surface area contributed by atoms with Crippen molar-refractivity contribution in [1.82, 2.24) is 0 Å². The molecule has 0 unspecified atom stereocenters. The van der Waals surface area contributed by atoms with Gasteiger partial charge in [0.15, 0.2) is 0 Å². The number of sulfonamides is 1. The van der Waals surface area contributed by atoms with E-state index in [4.69, 9.17) is 9.47 Å². The van der Waals surface area contributed by atoms with Gasteiger partial charge in [-0.1, -0.05) is 30.3 Å². The molecule has 0 bridgehead atoms. The number of anilines is 2. The molecule has 3 rings (SSSR count). The van der Waals surface area contributed by atoms with E-state index in [1.165, 1.54) is 24.3 Å². The molecule has 0 spiro atoms. The second-order valence-corrected chi connectivity index (χ2v) is 8.93. The van der Waals surface area contributed by atoms with Crippen molar-refractivity contribution in [2.24, 2.45) is 0 Å². The van der Waals surface area contributed by atoms with Gasteiger partial charge in [-0.15, -0.1) is 0 Å². The molecular formula is C25H26N2O6S. The minimum absolute atomic E-state index is 0.0490. The maximum Gasteiger partial charge on any atom is 0.338 e. The molecular weight excluding hydrogens is 456 g/mol. The number of rotatable bonds is 10. The van der Waals surface area contributed by atoms with Gasteiger partial charge in [-0.25, -0.2) is 13.2 Å². The van der Waals surface area contributed by atoms with Gasteiger partial charge in [-0.05, 0) is 62.4 Å². The summed E-state index contributed by atoms with van der Waals surface area (Å²) in [6.07, 6.45) is 0. The highest BCUT2D eigenvalue weighted by Gasteiger charge is 2.29. The second-order valence-electron chi connectivity index (χ2n) is 7.07. The molecule has 0 aromatic heterocycles. The van der Waals surface area contributed by atoms with E-state index in [2.05, 4.69) is 5.32 Å². The largest absolute Gasteiger partial charge is 0.492 e. The lowest BCUT2D eigenvalue weighted by Crippen LogP contribution is -2.38. The van der Waals surface area contributed by atoms with Crippen LogP contribution in [0.15, 0.2) is 83.8 Å². The number of amides is 1.